The summed E-state index contributed by atoms with van der Waals surface area (Å²) in [6.45, 7) is 3.81. The fourth-order valence-corrected chi connectivity index (χ4v) is 1.41. The molecular formula is C9H11N3O. The van der Waals surface area contributed by atoms with Crippen LogP contribution < -0.4 is 0 Å². The quantitative estimate of drug-likeness (QED) is 0.702. The van der Waals surface area contributed by atoms with E-state index in [-0.39, 0.29) is 6.61 Å². The number of aliphatic hydroxyl groups is 1. The van der Waals surface area contributed by atoms with E-state index in [2.05, 4.69) is 10.1 Å². The molecule has 2 rings (SSSR count). The Morgan fingerprint density at radius 2 is 2.15 bits per heavy atom. The number of fused-ring (bicyclic) bond motifs is 1. The molecule has 0 bridgehead atoms. The van der Waals surface area contributed by atoms with Crippen molar-refractivity contribution >= 4 is 5.65 Å². The van der Waals surface area contributed by atoms with Crippen LogP contribution in [0.1, 0.15) is 17.0 Å². The Balaban J connectivity index is 2.80. The van der Waals surface area contributed by atoms with Gasteiger partial charge in [-0.25, -0.2) is 9.50 Å². The Hall–Kier alpha value is -1.42. The average molecular weight is 177 g/mol. The van der Waals surface area contributed by atoms with E-state index in [1.54, 1.807) is 4.52 Å². The molecule has 0 spiro atoms. The first-order valence-corrected chi connectivity index (χ1v) is 4.14. The van der Waals surface area contributed by atoms with Crippen molar-refractivity contribution in [3.63, 3.8) is 0 Å². The van der Waals surface area contributed by atoms with Crippen LogP contribution in [-0.4, -0.2) is 19.7 Å². The van der Waals surface area contributed by atoms with Crippen LogP contribution in [0.25, 0.3) is 5.65 Å². The van der Waals surface area contributed by atoms with Crippen molar-refractivity contribution in [3.05, 3.63) is 29.2 Å². The zero-order valence-electron chi connectivity index (χ0n) is 7.65. The minimum Gasteiger partial charge on any atom is -0.392 e. The predicted molar refractivity (Wildman–Crippen MR) is 48.4 cm³/mol. The second-order valence-electron chi connectivity index (χ2n) is 3.12. The number of hydrogen-bond donors (Lipinski definition) is 1. The topological polar surface area (TPSA) is 50.4 Å². The lowest BCUT2D eigenvalue weighted by Gasteiger charge is -2.00. The van der Waals surface area contributed by atoms with Gasteiger partial charge in [-0.2, -0.15) is 5.10 Å². The second kappa shape index (κ2) is 2.81. The van der Waals surface area contributed by atoms with Gasteiger partial charge in [0.2, 0.25) is 0 Å². The Labute approximate surface area is 75.8 Å². The molecule has 68 valence electrons. The fraction of sp³-hybridized carbons (Fsp3) is 0.333. The van der Waals surface area contributed by atoms with Gasteiger partial charge in [0.25, 0.3) is 0 Å². The molecule has 2 heterocycles. The van der Waals surface area contributed by atoms with Gasteiger partial charge in [0.05, 0.1) is 24.2 Å². The van der Waals surface area contributed by atoms with Gasteiger partial charge in [-0.1, -0.05) is 0 Å². The number of imidazole rings is 1. The van der Waals surface area contributed by atoms with Crippen LogP contribution in [0.15, 0.2) is 12.3 Å². The molecule has 0 amide bonds. The van der Waals surface area contributed by atoms with Crippen LogP contribution in [0.3, 0.4) is 0 Å². The van der Waals surface area contributed by atoms with Crippen LogP contribution in [0.5, 0.6) is 0 Å². The van der Waals surface area contributed by atoms with E-state index in [9.17, 15) is 0 Å². The number of hydrogen-bond acceptors (Lipinski definition) is 3. The van der Waals surface area contributed by atoms with Gasteiger partial charge in [0, 0.05) is 5.56 Å². The lowest BCUT2D eigenvalue weighted by Crippen LogP contribution is -1.98. The van der Waals surface area contributed by atoms with E-state index < -0.39 is 0 Å². The SMILES string of the molecule is Cc1cn2nc(C)cc(CO)c2n1. The molecule has 0 aliphatic carbocycles. The summed E-state index contributed by atoms with van der Waals surface area (Å²) < 4.78 is 1.70. The number of aryl methyl sites for hydroxylation is 2. The first kappa shape index (κ1) is 8.19. The van der Waals surface area contributed by atoms with Crippen LogP contribution in [0.2, 0.25) is 0 Å². The summed E-state index contributed by atoms with van der Waals surface area (Å²) in [5.74, 6) is 0. The summed E-state index contributed by atoms with van der Waals surface area (Å²) in [5.41, 5.74) is 3.35. The summed E-state index contributed by atoms with van der Waals surface area (Å²) >= 11 is 0. The molecule has 0 aliphatic heterocycles. The van der Waals surface area contributed by atoms with Crippen molar-refractivity contribution in [2.24, 2.45) is 0 Å². The third-order valence-electron chi connectivity index (χ3n) is 1.91. The Bertz CT molecular complexity index is 447. The summed E-state index contributed by atoms with van der Waals surface area (Å²) in [6.07, 6.45) is 1.85. The van der Waals surface area contributed by atoms with Gasteiger partial charge < -0.3 is 5.11 Å². The summed E-state index contributed by atoms with van der Waals surface area (Å²) in [4.78, 5) is 4.27. The van der Waals surface area contributed by atoms with Gasteiger partial charge in [-0.05, 0) is 19.9 Å². The molecule has 13 heavy (non-hydrogen) atoms. The summed E-state index contributed by atoms with van der Waals surface area (Å²) in [6, 6.07) is 1.85. The third-order valence-corrected chi connectivity index (χ3v) is 1.91. The molecule has 0 unspecified atom stereocenters. The molecule has 4 nitrogen and oxygen atoms in total. The molecule has 2 aromatic heterocycles. The first-order chi connectivity index (χ1) is 6.20. The highest BCUT2D eigenvalue weighted by Gasteiger charge is 2.05. The summed E-state index contributed by atoms with van der Waals surface area (Å²) in [7, 11) is 0. The molecular weight excluding hydrogens is 166 g/mol. The Morgan fingerprint density at radius 1 is 1.38 bits per heavy atom. The minimum absolute atomic E-state index is 0.00329. The highest BCUT2D eigenvalue weighted by atomic mass is 16.3. The smallest absolute Gasteiger partial charge is 0.159 e. The zero-order valence-corrected chi connectivity index (χ0v) is 7.65. The highest BCUT2D eigenvalue weighted by Crippen LogP contribution is 2.10. The van der Waals surface area contributed by atoms with Crippen molar-refractivity contribution < 1.29 is 5.11 Å². The number of nitrogens with zero attached hydrogens (tertiary/aromatic N) is 3. The largest absolute Gasteiger partial charge is 0.392 e. The fourth-order valence-electron chi connectivity index (χ4n) is 1.41. The summed E-state index contributed by atoms with van der Waals surface area (Å²) in [5, 5.41) is 13.3. The van der Waals surface area contributed by atoms with Crippen molar-refractivity contribution in [1.29, 1.82) is 0 Å². The molecule has 1 N–H and O–H groups in total. The minimum atomic E-state index is 0.00329. The maximum Gasteiger partial charge on any atom is 0.159 e. The standard InChI is InChI=1S/C9H11N3O/c1-6-3-8(5-13)9-10-7(2)4-12(9)11-6/h3-4,13H,5H2,1-2H3. The molecule has 2 aromatic rings. The predicted octanol–water partition coefficient (Wildman–Crippen LogP) is 0.838. The zero-order chi connectivity index (χ0) is 9.42. The lowest BCUT2D eigenvalue weighted by atomic mass is 10.3. The van der Waals surface area contributed by atoms with Crippen LogP contribution in [-0.2, 0) is 6.61 Å². The molecule has 4 heteroatoms. The molecule has 0 atom stereocenters. The van der Waals surface area contributed by atoms with Gasteiger partial charge in [0.1, 0.15) is 0 Å². The third kappa shape index (κ3) is 1.29. The van der Waals surface area contributed by atoms with Crippen LogP contribution in [0.4, 0.5) is 0 Å². The number of aromatic nitrogens is 3. The Kier molecular flexibility index (Phi) is 1.77. The van der Waals surface area contributed by atoms with E-state index in [4.69, 9.17) is 5.11 Å². The van der Waals surface area contributed by atoms with E-state index in [0.29, 0.717) is 0 Å². The molecule has 0 aromatic carbocycles. The highest BCUT2D eigenvalue weighted by molar-refractivity contribution is 5.47. The normalized spacial score (nSPS) is 11.0. The van der Waals surface area contributed by atoms with E-state index in [0.717, 1.165) is 22.6 Å². The van der Waals surface area contributed by atoms with Crippen molar-refractivity contribution in [2.75, 3.05) is 0 Å². The van der Waals surface area contributed by atoms with Crippen molar-refractivity contribution in [2.45, 2.75) is 20.5 Å². The molecule has 0 saturated carbocycles. The molecule has 0 fully saturated rings. The maximum atomic E-state index is 9.09. The van der Waals surface area contributed by atoms with Gasteiger partial charge in [0.15, 0.2) is 5.65 Å². The monoisotopic (exact) mass is 177 g/mol. The second-order valence-corrected chi connectivity index (χ2v) is 3.12. The molecule has 0 radical (unpaired) electrons. The number of rotatable bonds is 1. The number of aliphatic hydroxyl groups excluding tert-OH is 1. The van der Waals surface area contributed by atoms with Crippen molar-refractivity contribution in [3.8, 4) is 0 Å². The lowest BCUT2D eigenvalue weighted by molar-refractivity contribution is 0.282. The van der Waals surface area contributed by atoms with Crippen LogP contribution in [0, 0.1) is 13.8 Å². The van der Waals surface area contributed by atoms with Crippen LogP contribution >= 0.6 is 0 Å². The van der Waals surface area contributed by atoms with E-state index in [1.807, 2.05) is 26.1 Å². The van der Waals surface area contributed by atoms with E-state index >= 15 is 0 Å². The average Bonchev–Trinajstić information content (AvgIpc) is 2.43. The first-order valence-electron chi connectivity index (χ1n) is 4.14. The van der Waals surface area contributed by atoms with Gasteiger partial charge in [-0.15, -0.1) is 0 Å². The maximum absolute atomic E-state index is 9.09. The van der Waals surface area contributed by atoms with E-state index in [1.165, 1.54) is 0 Å². The van der Waals surface area contributed by atoms with Gasteiger partial charge >= 0.3 is 0 Å². The van der Waals surface area contributed by atoms with Crippen molar-refractivity contribution in [1.82, 2.24) is 14.6 Å². The van der Waals surface area contributed by atoms with Gasteiger partial charge in [-0.3, -0.25) is 0 Å². The molecule has 0 saturated heterocycles. The molecule has 0 aliphatic rings. The Morgan fingerprint density at radius 3 is 2.85 bits per heavy atom.